The molecule has 0 spiro atoms. The third kappa shape index (κ3) is 4.31. The van der Waals surface area contributed by atoms with Crippen LogP contribution in [0.2, 0.25) is 0 Å². The van der Waals surface area contributed by atoms with Gasteiger partial charge in [0, 0.05) is 12.1 Å². The molecule has 0 aromatic heterocycles. The first kappa shape index (κ1) is 16.7. The van der Waals surface area contributed by atoms with Crippen LogP contribution in [0, 0.1) is 11.3 Å². The standard InChI is InChI=1S/C14H22N2O3S/c1-10(2)14(3,4)9-16-13(17)11-5-7-12(8-6-11)20(15,18)19/h5-8,10H,9H2,1-4H3,(H,16,17)(H2,15,18,19). The second-order valence-corrected chi connectivity index (χ2v) is 7.46. The predicted molar refractivity (Wildman–Crippen MR) is 78.8 cm³/mol. The summed E-state index contributed by atoms with van der Waals surface area (Å²) >= 11 is 0. The zero-order chi connectivity index (χ0) is 15.6. The van der Waals surface area contributed by atoms with Crippen molar-refractivity contribution >= 4 is 15.9 Å². The minimum atomic E-state index is -3.72. The Balaban J connectivity index is 2.75. The lowest BCUT2D eigenvalue weighted by Gasteiger charge is -2.29. The van der Waals surface area contributed by atoms with Crippen LogP contribution in [0.1, 0.15) is 38.1 Å². The van der Waals surface area contributed by atoms with E-state index in [0.29, 0.717) is 18.0 Å². The number of nitrogens with two attached hydrogens (primary N) is 1. The van der Waals surface area contributed by atoms with Gasteiger partial charge in [0.25, 0.3) is 5.91 Å². The molecule has 1 amide bonds. The Hall–Kier alpha value is -1.40. The van der Waals surface area contributed by atoms with Crippen LogP contribution < -0.4 is 10.5 Å². The molecule has 1 rings (SSSR count). The van der Waals surface area contributed by atoms with Crippen molar-refractivity contribution in [3.8, 4) is 0 Å². The molecule has 0 saturated carbocycles. The molecule has 6 heteroatoms. The molecule has 0 unspecified atom stereocenters. The van der Waals surface area contributed by atoms with Crippen molar-refractivity contribution in [1.82, 2.24) is 5.32 Å². The second-order valence-electron chi connectivity index (χ2n) is 5.90. The van der Waals surface area contributed by atoms with Gasteiger partial charge >= 0.3 is 0 Å². The molecule has 0 bridgehead atoms. The SMILES string of the molecule is CC(C)C(C)(C)CNC(=O)c1ccc(S(N)(=O)=O)cc1. The van der Waals surface area contributed by atoms with Gasteiger partial charge in [-0.05, 0) is 35.6 Å². The molecule has 1 aromatic rings. The lowest BCUT2D eigenvalue weighted by atomic mass is 9.81. The molecule has 0 aliphatic carbocycles. The van der Waals surface area contributed by atoms with E-state index < -0.39 is 10.0 Å². The Labute approximate surface area is 120 Å². The summed E-state index contributed by atoms with van der Waals surface area (Å²) in [5, 5.41) is 7.86. The van der Waals surface area contributed by atoms with Crippen LogP contribution in [0.5, 0.6) is 0 Å². The van der Waals surface area contributed by atoms with E-state index in [0.717, 1.165) is 0 Å². The summed E-state index contributed by atoms with van der Waals surface area (Å²) in [6.45, 7) is 8.94. The van der Waals surface area contributed by atoms with Crippen molar-refractivity contribution in [2.24, 2.45) is 16.5 Å². The fourth-order valence-electron chi connectivity index (χ4n) is 1.41. The average Bonchev–Trinajstić information content (AvgIpc) is 2.35. The van der Waals surface area contributed by atoms with Gasteiger partial charge in [0.2, 0.25) is 10.0 Å². The highest BCUT2D eigenvalue weighted by Crippen LogP contribution is 2.24. The number of primary sulfonamides is 1. The summed E-state index contributed by atoms with van der Waals surface area (Å²) in [6.07, 6.45) is 0. The molecular weight excluding hydrogens is 276 g/mol. The van der Waals surface area contributed by atoms with Gasteiger partial charge in [-0.1, -0.05) is 27.7 Å². The normalized spacial score (nSPS) is 12.5. The van der Waals surface area contributed by atoms with E-state index in [4.69, 9.17) is 5.14 Å². The van der Waals surface area contributed by atoms with Gasteiger partial charge in [0.15, 0.2) is 0 Å². The molecule has 0 saturated heterocycles. The highest BCUT2D eigenvalue weighted by molar-refractivity contribution is 7.89. The Morgan fingerprint density at radius 1 is 1.25 bits per heavy atom. The van der Waals surface area contributed by atoms with Crippen molar-refractivity contribution < 1.29 is 13.2 Å². The molecule has 0 atom stereocenters. The second kappa shape index (κ2) is 5.93. The highest BCUT2D eigenvalue weighted by Gasteiger charge is 2.23. The highest BCUT2D eigenvalue weighted by atomic mass is 32.2. The zero-order valence-corrected chi connectivity index (χ0v) is 13.1. The first-order chi connectivity index (χ1) is 9.04. The van der Waals surface area contributed by atoms with Crippen LogP contribution in [0.25, 0.3) is 0 Å². The first-order valence-electron chi connectivity index (χ1n) is 6.45. The van der Waals surface area contributed by atoms with Gasteiger partial charge in [-0.3, -0.25) is 4.79 Å². The van der Waals surface area contributed by atoms with E-state index in [1.54, 1.807) is 0 Å². The lowest BCUT2D eigenvalue weighted by molar-refractivity contribution is 0.0924. The Kier molecular flexibility index (Phi) is 4.94. The largest absolute Gasteiger partial charge is 0.351 e. The number of carbonyl (C=O) groups excluding carboxylic acids is 1. The monoisotopic (exact) mass is 298 g/mol. The number of hydrogen-bond donors (Lipinski definition) is 2. The molecule has 0 radical (unpaired) electrons. The lowest BCUT2D eigenvalue weighted by Crippen LogP contribution is -2.36. The third-order valence-corrected chi connectivity index (χ3v) is 4.64. The van der Waals surface area contributed by atoms with Gasteiger partial charge in [-0.2, -0.15) is 0 Å². The number of hydrogen-bond acceptors (Lipinski definition) is 3. The van der Waals surface area contributed by atoms with Crippen molar-refractivity contribution in [2.45, 2.75) is 32.6 Å². The minimum Gasteiger partial charge on any atom is -0.351 e. The Bertz CT molecular complexity index is 575. The number of rotatable bonds is 5. The zero-order valence-electron chi connectivity index (χ0n) is 12.3. The molecule has 5 nitrogen and oxygen atoms in total. The van der Waals surface area contributed by atoms with Crippen LogP contribution in [-0.4, -0.2) is 20.9 Å². The number of carbonyl (C=O) groups is 1. The molecule has 1 aromatic carbocycles. The maximum atomic E-state index is 12.0. The van der Waals surface area contributed by atoms with E-state index >= 15 is 0 Å². The summed E-state index contributed by atoms with van der Waals surface area (Å²) in [6, 6.07) is 5.57. The summed E-state index contributed by atoms with van der Waals surface area (Å²) < 4.78 is 22.2. The van der Waals surface area contributed by atoms with Crippen LogP contribution >= 0.6 is 0 Å². The fraction of sp³-hybridized carbons (Fsp3) is 0.500. The summed E-state index contributed by atoms with van der Waals surface area (Å²) in [5.74, 6) is 0.215. The van der Waals surface area contributed by atoms with E-state index in [1.165, 1.54) is 24.3 Å². The van der Waals surface area contributed by atoms with Gasteiger partial charge in [0.05, 0.1) is 4.90 Å². The average molecular weight is 298 g/mol. The predicted octanol–water partition coefficient (Wildman–Crippen LogP) is 1.75. The summed E-state index contributed by atoms with van der Waals surface area (Å²) in [7, 11) is -3.72. The molecule has 0 heterocycles. The quantitative estimate of drug-likeness (QED) is 0.867. The fourth-order valence-corrected chi connectivity index (χ4v) is 1.93. The number of nitrogens with one attached hydrogen (secondary N) is 1. The molecule has 112 valence electrons. The van der Waals surface area contributed by atoms with E-state index in [2.05, 4.69) is 33.0 Å². The van der Waals surface area contributed by atoms with Crippen LogP contribution in [0.15, 0.2) is 29.2 Å². The molecular formula is C14H22N2O3S. The van der Waals surface area contributed by atoms with Crippen molar-refractivity contribution in [3.63, 3.8) is 0 Å². The topological polar surface area (TPSA) is 89.3 Å². The summed E-state index contributed by atoms with van der Waals surface area (Å²) in [5.41, 5.74) is 0.410. The minimum absolute atomic E-state index is 0.00318. The third-order valence-electron chi connectivity index (χ3n) is 3.71. The van der Waals surface area contributed by atoms with Gasteiger partial charge in [0.1, 0.15) is 0 Å². The Morgan fingerprint density at radius 3 is 2.15 bits per heavy atom. The maximum Gasteiger partial charge on any atom is 0.251 e. The smallest absolute Gasteiger partial charge is 0.251 e. The van der Waals surface area contributed by atoms with Crippen molar-refractivity contribution in [1.29, 1.82) is 0 Å². The van der Waals surface area contributed by atoms with E-state index in [-0.39, 0.29) is 16.2 Å². The number of amides is 1. The molecule has 0 aliphatic rings. The van der Waals surface area contributed by atoms with Gasteiger partial charge < -0.3 is 5.32 Å². The van der Waals surface area contributed by atoms with Crippen LogP contribution in [0.3, 0.4) is 0 Å². The first-order valence-corrected chi connectivity index (χ1v) is 8.00. The van der Waals surface area contributed by atoms with E-state index in [1.807, 2.05) is 0 Å². The van der Waals surface area contributed by atoms with Crippen LogP contribution in [0.4, 0.5) is 0 Å². The van der Waals surface area contributed by atoms with Gasteiger partial charge in [-0.15, -0.1) is 0 Å². The molecule has 3 N–H and O–H groups in total. The molecule has 20 heavy (non-hydrogen) atoms. The van der Waals surface area contributed by atoms with E-state index in [9.17, 15) is 13.2 Å². The van der Waals surface area contributed by atoms with Crippen molar-refractivity contribution in [2.75, 3.05) is 6.54 Å². The molecule has 0 aliphatic heterocycles. The Morgan fingerprint density at radius 2 is 1.75 bits per heavy atom. The summed E-state index contributed by atoms with van der Waals surface area (Å²) in [4.78, 5) is 12.0. The molecule has 0 fully saturated rings. The van der Waals surface area contributed by atoms with Gasteiger partial charge in [-0.25, -0.2) is 13.6 Å². The number of benzene rings is 1. The number of sulfonamides is 1. The van der Waals surface area contributed by atoms with Crippen molar-refractivity contribution in [3.05, 3.63) is 29.8 Å². The maximum absolute atomic E-state index is 12.0. The van der Waals surface area contributed by atoms with Crippen LogP contribution in [-0.2, 0) is 10.0 Å².